The number of phenols is 1. The molecule has 1 heterocycles. The average Bonchev–Trinajstić information content (AvgIpc) is 2.91. The van der Waals surface area contributed by atoms with Crippen LogP contribution in [0.5, 0.6) is 17.2 Å². The Morgan fingerprint density at radius 2 is 2.00 bits per heavy atom. The molecule has 5 heteroatoms. The summed E-state index contributed by atoms with van der Waals surface area (Å²) >= 11 is 3.47. The van der Waals surface area contributed by atoms with E-state index < -0.39 is 0 Å². The summed E-state index contributed by atoms with van der Waals surface area (Å²) in [6, 6.07) is 11.8. The quantitative estimate of drug-likeness (QED) is 0.882. The van der Waals surface area contributed by atoms with Gasteiger partial charge in [0.1, 0.15) is 5.75 Å². The molecule has 0 bridgehead atoms. The second-order valence-electron chi connectivity index (χ2n) is 4.99. The van der Waals surface area contributed by atoms with Gasteiger partial charge in [-0.25, -0.2) is 0 Å². The molecule has 0 saturated carbocycles. The van der Waals surface area contributed by atoms with E-state index in [1.807, 2.05) is 18.2 Å². The molecule has 110 valence electrons. The lowest BCUT2D eigenvalue weighted by molar-refractivity contribution is 0.174. The van der Waals surface area contributed by atoms with E-state index in [9.17, 15) is 5.11 Å². The molecule has 1 atom stereocenters. The number of nitrogens with one attached hydrogen (secondary N) is 1. The number of rotatable bonds is 4. The second-order valence-corrected chi connectivity index (χ2v) is 5.91. The molecule has 2 N–H and O–H groups in total. The Bertz CT molecular complexity index is 660. The monoisotopic (exact) mass is 349 g/mol. The zero-order chi connectivity index (χ0) is 14.8. The van der Waals surface area contributed by atoms with Crippen molar-refractivity contribution >= 4 is 15.9 Å². The molecule has 0 radical (unpaired) electrons. The fraction of sp³-hybridized carbons (Fsp3) is 0.250. The maximum absolute atomic E-state index is 10.0. The van der Waals surface area contributed by atoms with Gasteiger partial charge in [0.05, 0.1) is 0 Å². The van der Waals surface area contributed by atoms with Crippen molar-refractivity contribution < 1.29 is 14.6 Å². The molecule has 0 saturated heterocycles. The zero-order valence-corrected chi connectivity index (χ0v) is 13.2. The third-order valence-electron chi connectivity index (χ3n) is 3.52. The fourth-order valence-electron chi connectivity index (χ4n) is 2.27. The first-order chi connectivity index (χ1) is 10.1. The number of fused-ring (bicyclic) bond motifs is 1. The van der Waals surface area contributed by atoms with E-state index >= 15 is 0 Å². The molecule has 4 nitrogen and oxygen atoms in total. The van der Waals surface area contributed by atoms with Crippen LogP contribution in [0, 0.1) is 0 Å². The maximum atomic E-state index is 10.0. The second kappa shape index (κ2) is 5.95. The van der Waals surface area contributed by atoms with Crippen molar-refractivity contribution in [3.63, 3.8) is 0 Å². The SMILES string of the molecule is C[C@H](NCc1cc2c(cc1O)OCO2)c1cccc(Br)c1. The van der Waals surface area contributed by atoms with Crippen LogP contribution in [0.15, 0.2) is 40.9 Å². The maximum Gasteiger partial charge on any atom is 0.231 e. The predicted octanol–water partition coefficient (Wildman–Crippen LogP) is 3.73. The third-order valence-corrected chi connectivity index (χ3v) is 4.01. The van der Waals surface area contributed by atoms with Crippen molar-refractivity contribution in [3.8, 4) is 17.2 Å². The highest BCUT2D eigenvalue weighted by atomic mass is 79.9. The van der Waals surface area contributed by atoms with Gasteiger partial charge in [-0.05, 0) is 30.7 Å². The van der Waals surface area contributed by atoms with Gasteiger partial charge in [-0.3, -0.25) is 0 Å². The molecule has 1 aliphatic rings. The van der Waals surface area contributed by atoms with Crippen molar-refractivity contribution in [3.05, 3.63) is 52.0 Å². The van der Waals surface area contributed by atoms with Crippen LogP contribution in [-0.2, 0) is 6.54 Å². The minimum absolute atomic E-state index is 0.173. The van der Waals surface area contributed by atoms with Crippen molar-refractivity contribution in [2.45, 2.75) is 19.5 Å². The summed E-state index contributed by atoms with van der Waals surface area (Å²) in [5.41, 5.74) is 1.98. The lowest BCUT2D eigenvalue weighted by Crippen LogP contribution is -2.18. The van der Waals surface area contributed by atoms with Crippen molar-refractivity contribution in [2.75, 3.05) is 6.79 Å². The summed E-state index contributed by atoms with van der Waals surface area (Å²) in [5, 5.41) is 13.4. The largest absolute Gasteiger partial charge is 0.507 e. The molecular weight excluding hydrogens is 334 g/mol. The first kappa shape index (κ1) is 14.2. The standard InChI is InChI=1S/C16H16BrNO3/c1-10(11-3-2-4-13(17)5-11)18-8-12-6-15-16(7-14(12)19)21-9-20-15/h2-7,10,18-19H,8-9H2,1H3/t10-/m0/s1. The Hall–Kier alpha value is -1.72. The molecule has 0 fully saturated rings. The number of phenolic OH excluding ortho intramolecular Hbond substituents is 1. The predicted molar refractivity (Wildman–Crippen MR) is 83.6 cm³/mol. The summed E-state index contributed by atoms with van der Waals surface area (Å²) in [5.74, 6) is 1.49. The summed E-state index contributed by atoms with van der Waals surface area (Å²) in [6.45, 7) is 2.85. The summed E-state index contributed by atoms with van der Waals surface area (Å²) < 4.78 is 11.6. The normalized spacial score (nSPS) is 14.2. The minimum atomic E-state index is 0.173. The lowest BCUT2D eigenvalue weighted by atomic mass is 10.1. The molecule has 0 aromatic heterocycles. The average molecular weight is 350 g/mol. The third kappa shape index (κ3) is 3.14. The first-order valence-corrected chi connectivity index (χ1v) is 7.53. The van der Waals surface area contributed by atoms with E-state index in [-0.39, 0.29) is 18.6 Å². The van der Waals surface area contributed by atoms with Gasteiger partial charge >= 0.3 is 0 Å². The van der Waals surface area contributed by atoms with Crippen LogP contribution in [-0.4, -0.2) is 11.9 Å². The number of benzene rings is 2. The molecule has 0 amide bonds. The highest BCUT2D eigenvalue weighted by Gasteiger charge is 2.17. The topological polar surface area (TPSA) is 50.7 Å². The Morgan fingerprint density at radius 1 is 1.24 bits per heavy atom. The number of hydrogen-bond acceptors (Lipinski definition) is 4. The summed E-state index contributed by atoms with van der Waals surface area (Å²) in [4.78, 5) is 0. The van der Waals surface area contributed by atoms with E-state index in [0.717, 1.165) is 10.0 Å². The number of ether oxygens (including phenoxy) is 2. The molecule has 21 heavy (non-hydrogen) atoms. The van der Waals surface area contributed by atoms with Crippen LogP contribution < -0.4 is 14.8 Å². The van der Waals surface area contributed by atoms with Crippen LogP contribution in [0.3, 0.4) is 0 Å². The number of halogens is 1. The van der Waals surface area contributed by atoms with Gasteiger partial charge in [-0.15, -0.1) is 0 Å². The van der Waals surface area contributed by atoms with E-state index in [2.05, 4.69) is 40.3 Å². The Kier molecular flexibility index (Phi) is 4.03. The highest BCUT2D eigenvalue weighted by molar-refractivity contribution is 9.10. The van der Waals surface area contributed by atoms with Crippen molar-refractivity contribution in [1.82, 2.24) is 5.32 Å². The molecule has 2 aromatic carbocycles. The zero-order valence-electron chi connectivity index (χ0n) is 11.6. The fourth-order valence-corrected chi connectivity index (χ4v) is 2.69. The molecule has 0 aliphatic carbocycles. The van der Waals surface area contributed by atoms with Gasteiger partial charge in [0.25, 0.3) is 0 Å². The molecule has 1 aliphatic heterocycles. The van der Waals surface area contributed by atoms with E-state index in [1.165, 1.54) is 5.56 Å². The van der Waals surface area contributed by atoms with Gasteiger partial charge in [-0.2, -0.15) is 0 Å². The highest BCUT2D eigenvalue weighted by Crippen LogP contribution is 2.37. The molecule has 2 aromatic rings. The Morgan fingerprint density at radius 3 is 2.76 bits per heavy atom. The van der Waals surface area contributed by atoms with E-state index in [0.29, 0.717) is 18.0 Å². The Labute approximate surface area is 131 Å². The van der Waals surface area contributed by atoms with Gasteiger partial charge in [0, 0.05) is 28.7 Å². The minimum Gasteiger partial charge on any atom is -0.507 e. The summed E-state index contributed by atoms with van der Waals surface area (Å²) in [7, 11) is 0. The van der Waals surface area contributed by atoms with Crippen molar-refractivity contribution in [1.29, 1.82) is 0 Å². The number of aromatic hydroxyl groups is 1. The first-order valence-electron chi connectivity index (χ1n) is 6.74. The van der Waals surface area contributed by atoms with Crippen molar-refractivity contribution in [2.24, 2.45) is 0 Å². The van der Waals surface area contributed by atoms with Crippen LogP contribution in [0.1, 0.15) is 24.1 Å². The Balaban J connectivity index is 1.70. The van der Waals surface area contributed by atoms with Crippen LogP contribution in [0.2, 0.25) is 0 Å². The van der Waals surface area contributed by atoms with Gasteiger partial charge in [-0.1, -0.05) is 28.1 Å². The van der Waals surface area contributed by atoms with Crippen LogP contribution in [0.4, 0.5) is 0 Å². The van der Waals surface area contributed by atoms with E-state index in [1.54, 1.807) is 6.07 Å². The lowest BCUT2D eigenvalue weighted by Gasteiger charge is -2.15. The molecular formula is C16H16BrNO3. The van der Waals surface area contributed by atoms with E-state index in [4.69, 9.17) is 9.47 Å². The molecule has 0 spiro atoms. The van der Waals surface area contributed by atoms with Gasteiger partial charge < -0.3 is 19.9 Å². The molecule has 0 unspecified atom stereocenters. The molecule has 3 rings (SSSR count). The summed E-state index contributed by atoms with van der Waals surface area (Å²) in [6.07, 6.45) is 0. The van der Waals surface area contributed by atoms with Crippen LogP contribution >= 0.6 is 15.9 Å². The number of hydrogen-bond donors (Lipinski definition) is 2. The van der Waals surface area contributed by atoms with Crippen LogP contribution in [0.25, 0.3) is 0 Å². The van der Waals surface area contributed by atoms with Gasteiger partial charge in [0.15, 0.2) is 11.5 Å². The van der Waals surface area contributed by atoms with Gasteiger partial charge in [0.2, 0.25) is 6.79 Å². The smallest absolute Gasteiger partial charge is 0.231 e.